The summed E-state index contributed by atoms with van der Waals surface area (Å²) in [5.41, 5.74) is 17.3. The molecule has 246 valence electrons. The van der Waals surface area contributed by atoms with E-state index in [1.807, 2.05) is 0 Å². The Balaban J connectivity index is 1.23. The van der Waals surface area contributed by atoms with E-state index in [-0.39, 0.29) is 21.7 Å². The zero-order valence-electron chi connectivity index (χ0n) is 30.4. The molecule has 0 radical (unpaired) electrons. The first-order valence-corrected chi connectivity index (χ1v) is 18.2. The van der Waals surface area contributed by atoms with Crippen molar-refractivity contribution in [1.82, 2.24) is 9.55 Å². The van der Waals surface area contributed by atoms with E-state index in [9.17, 15) is 0 Å². The molecule has 2 aromatic heterocycles. The minimum Gasteiger partial charge on any atom is -0.355 e. The van der Waals surface area contributed by atoms with E-state index in [0.717, 1.165) is 0 Å². The lowest BCUT2D eigenvalue weighted by Crippen LogP contribution is -2.42. The minimum absolute atomic E-state index is 0.0160. The third-order valence-electron chi connectivity index (χ3n) is 14.0. The van der Waals surface area contributed by atoms with E-state index in [4.69, 9.17) is 0 Å². The smallest absolute Gasteiger partial charge is 0.0544 e. The van der Waals surface area contributed by atoms with E-state index < -0.39 is 0 Å². The number of hydrogen-bond acceptors (Lipinski definition) is 0. The molecule has 2 aliphatic rings. The van der Waals surface area contributed by atoms with Crippen molar-refractivity contribution >= 4 is 43.6 Å². The normalized spacial score (nSPS) is 17.8. The van der Waals surface area contributed by atoms with Crippen LogP contribution in [0.25, 0.3) is 71.6 Å². The molecule has 0 bridgehead atoms. The minimum atomic E-state index is -0.0584. The standard InChI is InChI=1S/C48H44N2/c1-45(2)36-17-13-12-16-31(36)32-26-34-33-24-29(19-23-41(33)50(42(34)27-38(32)45)30-14-10-9-11-15-30)28-18-21-39-35(25-28)43-40(49-39)22-20-37-44(43)47(5,6)48(7,8)46(37,3)4/h9-27,49H,1-8H3. The molecular weight excluding hydrogens is 605 g/mol. The molecule has 2 heterocycles. The number of para-hydroxylation sites is 1. The summed E-state index contributed by atoms with van der Waals surface area (Å²) in [4.78, 5) is 3.79. The summed E-state index contributed by atoms with van der Waals surface area (Å²) >= 11 is 0. The zero-order valence-corrected chi connectivity index (χ0v) is 30.4. The van der Waals surface area contributed by atoms with Gasteiger partial charge in [-0.05, 0) is 115 Å². The summed E-state index contributed by atoms with van der Waals surface area (Å²) in [5.74, 6) is 0. The number of H-pyrrole nitrogens is 1. The van der Waals surface area contributed by atoms with Gasteiger partial charge in [0.15, 0.2) is 0 Å². The SMILES string of the molecule is CC1(C)c2ccccc2-c2cc3c4cc(-c5ccc6[nH]c7ccc8c(c7c6c5)C(C)(C)C(C)(C)C8(C)C)ccc4n(-c4ccccc4)c3cc21. The molecule has 2 heteroatoms. The second kappa shape index (κ2) is 9.37. The van der Waals surface area contributed by atoms with E-state index in [1.165, 1.54) is 93.8 Å². The summed E-state index contributed by atoms with van der Waals surface area (Å²) in [5, 5.41) is 5.30. The average Bonchev–Trinajstić information content (AvgIpc) is 3.74. The Labute approximate surface area is 294 Å². The number of rotatable bonds is 2. The maximum absolute atomic E-state index is 3.79. The monoisotopic (exact) mass is 648 g/mol. The highest BCUT2D eigenvalue weighted by Crippen LogP contribution is 2.63. The lowest BCUT2D eigenvalue weighted by molar-refractivity contribution is 0.125. The summed E-state index contributed by atoms with van der Waals surface area (Å²) in [6.45, 7) is 19.4. The Morgan fingerprint density at radius 1 is 0.480 bits per heavy atom. The number of benzene rings is 6. The fraction of sp³-hybridized carbons (Fsp3) is 0.250. The molecule has 0 saturated heterocycles. The molecule has 2 aliphatic carbocycles. The Morgan fingerprint density at radius 3 is 1.92 bits per heavy atom. The highest BCUT2D eigenvalue weighted by molar-refractivity contribution is 6.14. The molecule has 0 unspecified atom stereocenters. The number of fused-ring (bicyclic) bond motifs is 11. The van der Waals surface area contributed by atoms with Gasteiger partial charge in [-0.3, -0.25) is 0 Å². The van der Waals surface area contributed by atoms with Gasteiger partial charge in [0.25, 0.3) is 0 Å². The van der Waals surface area contributed by atoms with Crippen molar-refractivity contribution in [2.24, 2.45) is 5.41 Å². The van der Waals surface area contributed by atoms with E-state index in [1.54, 1.807) is 0 Å². The van der Waals surface area contributed by atoms with Crippen LogP contribution in [0.2, 0.25) is 0 Å². The molecule has 0 atom stereocenters. The van der Waals surface area contributed by atoms with Crippen molar-refractivity contribution in [1.29, 1.82) is 0 Å². The van der Waals surface area contributed by atoms with Crippen LogP contribution in [0.15, 0.2) is 115 Å². The fourth-order valence-corrected chi connectivity index (χ4v) is 10.0. The molecule has 2 nitrogen and oxygen atoms in total. The molecule has 8 aromatic rings. The largest absolute Gasteiger partial charge is 0.355 e. The first kappa shape index (κ1) is 29.8. The lowest BCUT2D eigenvalue weighted by Gasteiger charge is -2.44. The van der Waals surface area contributed by atoms with Crippen molar-refractivity contribution in [2.75, 3.05) is 0 Å². The number of nitrogens with one attached hydrogen (secondary N) is 1. The topological polar surface area (TPSA) is 20.7 Å². The van der Waals surface area contributed by atoms with Gasteiger partial charge in [0.1, 0.15) is 0 Å². The zero-order chi connectivity index (χ0) is 34.5. The van der Waals surface area contributed by atoms with Crippen LogP contribution in [0.5, 0.6) is 0 Å². The highest BCUT2D eigenvalue weighted by Gasteiger charge is 2.57. The first-order valence-electron chi connectivity index (χ1n) is 18.2. The Morgan fingerprint density at radius 2 is 1.14 bits per heavy atom. The van der Waals surface area contributed by atoms with Crippen LogP contribution in [0.1, 0.15) is 77.6 Å². The lowest BCUT2D eigenvalue weighted by atomic mass is 9.59. The molecule has 6 aromatic carbocycles. The van der Waals surface area contributed by atoms with Crippen molar-refractivity contribution in [3.05, 3.63) is 138 Å². The molecule has 10 rings (SSSR count). The number of hydrogen-bond donors (Lipinski definition) is 1. The highest BCUT2D eigenvalue weighted by atomic mass is 15.0. The van der Waals surface area contributed by atoms with E-state index in [2.05, 4.69) is 180 Å². The first-order chi connectivity index (χ1) is 23.8. The third kappa shape index (κ3) is 3.49. The van der Waals surface area contributed by atoms with E-state index in [0.29, 0.717) is 0 Å². The third-order valence-corrected chi connectivity index (χ3v) is 14.0. The summed E-state index contributed by atoms with van der Waals surface area (Å²) in [6.07, 6.45) is 0. The maximum Gasteiger partial charge on any atom is 0.0544 e. The Kier molecular flexibility index (Phi) is 5.59. The van der Waals surface area contributed by atoms with Gasteiger partial charge in [0.05, 0.1) is 11.0 Å². The van der Waals surface area contributed by atoms with Gasteiger partial charge in [-0.1, -0.05) is 116 Å². The van der Waals surface area contributed by atoms with Crippen LogP contribution in [0, 0.1) is 5.41 Å². The van der Waals surface area contributed by atoms with Gasteiger partial charge in [-0.25, -0.2) is 0 Å². The van der Waals surface area contributed by atoms with Gasteiger partial charge in [-0.2, -0.15) is 0 Å². The van der Waals surface area contributed by atoms with Gasteiger partial charge in [0.2, 0.25) is 0 Å². The predicted molar refractivity (Wildman–Crippen MR) is 213 cm³/mol. The number of aromatic amines is 1. The Bertz CT molecular complexity index is 2740. The maximum atomic E-state index is 3.79. The molecule has 1 N–H and O–H groups in total. The Hall–Kier alpha value is -5.08. The predicted octanol–water partition coefficient (Wildman–Crippen LogP) is 13.0. The van der Waals surface area contributed by atoms with Crippen LogP contribution in [0.3, 0.4) is 0 Å². The van der Waals surface area contributed by atoms with Crippen LogP contribution in [-0.2, 0) is 16.2 Å². The van der Waals surface area contributed by atoms with Gasteiger partial charge >= 0.3 is 0 Å². The fourth-order valence-electron chi connectivity index (χ4n) is 10.0. The molecular formula is C48H44N2. The van der Waals surface area contributed by atoms with Crippen molar-refractivity contribution in [3.8, 4) is 27.9 Å². The van der Waals surface area contributed by atoms with Crippen molar-refractivity contribution in [3.63, 3.8) is 0 Å². The van der Waals surface area contributed by atoms with Crippen LogP contribution in [-0.4, -0.2) is 9.55 Å². The summed E-state index contributed by atoms with van der Waals surface area (Å²) in [7, 11) is 0. The van der Waals surface area contributed by atoms with Gasteiger partial charge < -0.3 is 9.55 Å². The van der Waals surface area contributed by atoms with Crippen LogP contribution < -0.4 is 0 Å². The molecule has 0 spiro atoms. The number of aromatic nitrogens is 2. The molecule has 0 aliphatic heterocycles. The quantitative estimate of drug-likeness (QED) is 0.193. The number of nitrogens with zero attached hydrogens (tertiary/aromatic N) is 1. The molecule has 50 heavy (non-hydrogen) atoms. The second-order valence-electron chi connectivity index (χ2n) is 17.2. The average molecular weight is 649 g/mol. The molecule has 0 amide bonds. The molecule has 0 saturated carbocycles. The van der Waals surface area contributed by atoms with Crippen molar-refractivity contribution in [2.45, 2.75) is 71.6 Å². The van der Waals surface area contributed by atoms with Gasteiger partial charge in [0, 0.05) is 43.7 Å². The second-order valence-corrected chi connectivity index (χ2v) is 17.2. The van der Waals surface area contributed by atoms with Crippen LogP contribution in [0.4, 0.5) is 0 Å². The van der Waals surface area contributed by atoms with Crippen molar-refractivity contribution < 1.29 is 0 Å². The van der Waals surface area contributed by atoms with Crippen LogP contribution >= 0.6 is 0 Å². The summed E-state index contributed by atoms with van der Waals surface area (Å²) in [6, 6.07) is 43.6. The summed E-state index contributed by atoms with van der Waals surface area (Å²) < 4.78 is 2.46. The molecule has 0 fully saturated rings. The van der Waals surface area contributed by atoms with Gasteiger partial charge in [-0.15, -0.1) is 0 Å². The van der Waals surface area contributed by atoms with E-state index >= 15 is 0 Å².